The maximum absolute atomic E-state index is 12.0. The van der Waals surface area contributed by atoms with Crippen molar-refractivity contribution in [3.05, 3.63) is 23.8 Å². The summed E-state index contributed by atoms with van der Waals surface area (Å²) >= 11 is 0. The van der Waals surface area contributed by atoms with Gasteiger partial charge < -0.3 is 15.1 Å². The van der Waals surface area contributed by atoms with Crippen molar-refractivity contribution in [1.82, 2.24) is 4.90 Å². The van der Waals surface area contributed by atoms with Gasteiger partial charge in [0.15, 0.2) is 11.5 Å². The number of aromatic hydroxyl groups is 2. The lowest BCUT2D eigenvalue weighted by Gasteiger charge is -2.20. The molecule has 0 saturated heterocycles. The molecule has 0 bridgehead atoms. The molecule has 0 saturated carbocycles. The lowest BCUT2D eigenvalue weighted by atomic mass is 10.1. The van der Waals surface area contributed by atoms with Crippen LogP contribution >= 0.6 is 0 Å². The maximum atomic E-state index is 12.0. The summed E-state index contributed by atoms with van der Waals surface area (Å²) in [5, 5.41) is 18.5. The number of carbonyl (C=O) groups excluding carboxylic acids is 1. The van der Waals surface area contributed by atoms with E-state index in [9.17, 15) is 15.0 Å². The number of hydrogen-bond acceptors (Lipinski definition) is 3. The quantitative estimate of drug-likeness (QED) is 0.789. The number of phenolic OH excluding ortho intramolecular Hbond substituents is 2. The zero-order chi connectivity index (χ0) is 13.0. The van der Waals surface area contributed by atoms with Crippen LogP contribution < -0.4 is 0 Å². The van der Waals surface area contributed by atoms with Crippen LogP contribution in [0.2, 0.25) is 0 Å². The molecule has 1 aromatic rings. The zero-order valence-corrected chi connectivity index (χ0v) is 10.5. The number of amides is 1. The van der Waals surface area contributed by atoms with Crippen molar-refractivity contribution >= 4 is 5.91 Å². The van der Waals surface area contributed by atoms with Gasteiger partial charge in [-0.15, -0.1) is 0 Å². The summed E-state index contributed by atoms with van der Waals surface area (Å²) in [5.41, 5.74) is 0.381. The minimum atomic E-state index is -0.271. The highest BCUT2D eigenvalue weighted by atomic mass is 16.3. The van der Waals surface area contributed by atoms with Crippen molar-refractivity contribution in [2.45, 2.75) is 20.3 Å². The Morgan fingerprint density at radius 3 is 2.53 bits per heavy atom. The van der Waals surface area contributed by atoms with Crippen LogP contribution in [0, 0.1) is 5.92 Å². The van der Waals surface area contributed by atoms with E-state index in [1.54, 1.807) is 11.9 Å². The van der Waals surface area contributed by atoms with Crippen LogP contribution in [-0.4, -0.2) is 34.6 Å². The van der Waals surface area contributed by atoms with Gasteiger partial charge in [0.2, 0.25) is 0 Å². The summed E-state index contributed by atoms with van der Waals surface area (Å²) in [5.74, 6) is -0.200. The lowest BCUT2D eigenvalue weighted by molar-refractivity contribution is 0.0774. The molecule has 1 rings (SSSR count). The van der Waals surface area contributed by atoms with Crippen molar-refractivity contribution in [3.8, 4) is 11.5 Å². The third-order valence-corrected chi connectivity index (χ3v) is 2.85. The number of hydrogen-bond donors (Lipinski definition) is 2. The van der Waals surface area contributed by atoms with E-state index in [1.807, 2.05) is 0 Å². The van der Waals surface area contributed by atoms with E-state index in [-0.39, 0.29) is 17.4 Å². The van der Waals surface area contributed by atoms with Crippen LogP contribution in [0.1, 0.15) is 30.6 Å². The van der Waals surface area contributed by atoms with Crippen LogP contribution in [0.3, 0.4) is 0 Å². The molecule has 0 heterocycles. The number of phenols is 2. The Morgan fingerprint density at radius 1 is 1.35 bits per heavy atom. The van der Waals surface area contributed by atoms with E-state index >= 15 is 0 Å². The molecule has 1 amide bonds. The third kappa shape index (κ3) is 3.37. The average molecular weight is 237 g/mol. The standard InChI is InChI=1S/C13H19NO3/c1-4-9(2)8-14(3)13(17)10-5-6-11(15)12(16)7-10/h5-7,9,15-16H,4,8H2,1-3H3. The summed E-state index contributed by atoms with van der Waals surface area (Å²) in [4.78, 5) is 13.6. The van der Waals surface area contributed by atoms with Gasteiger partial charge in [-0.25, -0.2) is 0 Å². The van der Waals surface area contributed by atoms with E-state index in [0.717, 1.165) is 6.42 Å². The van der Waals surface area contributed by atoms with Crippen LogP contribution in [0.4, 0.5) is 0 Å². The molecular formula is C13H19NO3. The fourth-order valence-electron chi connectivity index (χ4n) is 1.56. The maximum Gasteiger partial charge on any atom is 0.253 e. The van der Waals surface area contributed by atoms with Crippen LogP contribution in [-0.2, 0) is 0 Å². The predicted molar refractivity (Wildman–Crippen MR) is 66.2 cm³/mol. The van der Waals surface area contributed by atoms with E-state index in [1.165, 1.54) is 18.2 Å². The molecule has 1 aromatic carbocycles. The zero-order valence-electron chi connectivity index (χ0n) is 10.5. The second-order valence-electron chi connectivity index (χ2n) is 4.40. The van der Waals surface area contributed by atoms with Gasteiger partial charge >= 0.3 is 0 Å². The first-order chi connectivity index (χ1) is 7.95. The molecule has 0 aliphatic carbocycles. The molecule has 0 spiro atoms. The first kappa shape index (κ1) is 13.4. The van der Waals surface area contributed by atoms with E-state index in [4.69, 9.17) is 0 Å². The molecule has 4 nitrogen and oxygen atoms in total. The molecule has 94 valence electrons. The van der Waals surface area contributed by atoms with Crippen molar-refractivity contribution in [1.29, 1.82) is 0 Å². The molecule has 0 aliphatic heterocycles. The number of nitrogens with zero attached hydrogens (tertiary/aromatic N) is 1. The van der Waals surface area contributed by atoms with Gasteiger partial charge in [0.1, 0.15) is 0 Å². The topological polar surface area (TPSA) is 60.8 Å². The van der Waals surface area contributed by atoms with Crippen molar-refractivity contribution in [2.75, 3.05) is 13.6 Å². The summed E-state index contributed by atoms with van der Waals surface area (Å²) in [6.45, 7) is 4.84. The van der Waals surface area contributed by atoms with Gasteiger partial charge in [-0.2, -0.15) is 0 Å². The van der Waals surface area contributed by atoms with E-state index in [2.05, 4.69) is 13.8 Å². The fraction of sp³-hybridized carbons (Fsp3) is 0.462. The van der Waals surface area contributed by atoms with Crippen molar-refractivity contribution < 1.29 is 15.0 Å². The molecule has 0 aliphatic rings. The molecule has 1 unspecified atom stereocenters. The van der Waals surface area contributed by atoms with Crippen molar-refractivity contribution in [2.24, 2.45) is 5.92 Å². The van der Waals surface area contributed by atoms with Gasteiger partial charge in [-0.05, 0) is 24.1 Å². The largest absolute Gasteiger partial charge is 0.504 e. The molecule has 0 fully saturated rings. The van der Waals surface area contributed by atoms with Gasteiger partial charge in [-0.3, -0.25) is 4.79 Å². The first-order valence-corrected chi connectivity index (χ1v) is 5.73. The van der Waals surface area contributed by atoms with E-state index < -0.39 is 0 Å². The Labute approximate surface area is 101 Å². The molecule has 0 aromatic heterocycles. The van der Waals surface area contributed by atoms with Gasteiger partial charge in [0.25, 0.3) is 5.91 Å². The van der Waals surface area contributed by atoms with Gasteiger partial charge in [-0.1, -0.05) is 20.3 Å². The summed E-state index contributed by atoms with van der Waals surface area (Å²) < 4.78 is 0. The average Bonchev–Trinajstić information content (AvgIpc) is 2.31. The summed E-state index contributed by atoms with van der Waals surface area (Å²) in [6, 6.07) is 4.11. The first-order valence-electron chi connectivity index (χ1n) is 5.73. The minimum Gasteiger partial charge on any atom is -0.504 e. The molecular weight excluding hydrogens is 218 g/mol. The minimum absolute atomic E-state index is 0.152. The smallest absolute Gasteiger partial charge is 0.253 e. The molecule has 2 N–H and O–H groups in total. The van der Waals surface area contributed by atoms with Crippen LogP contribution in [0.5, 0.6) is 11.5 Å². The molecule has 0 radical (unpaired) electrons. The molecule has 4 heteroatoms. The number of rotatable bonds is 4. The fourth-order valence-corrected chi connectivity index (χ4v) is 1.56. The monoisotopic (exact) mass is 237 g/mol. The number of benzene rings is 1. The SMILES string of the molecule is CCC(C)CN(C)C(=O)c1ccc(O)c(O)c1. The summed E-state index contributed by atoms with van der Waals surface area (Å²) in [6.07, 6.45) is 1.01. The Kier molecular flexibility index (Phi) is 4.37. The Morgan fingerprint density at radius 2 is 2.00 bits per heavy atom. The highest BCUT2D eigenvalue weighted by molar-refractivity contribution is 5.94. The van der Waals surface area contributed by atoms with Gasteiger partial charge in [0.05, 0.1) is 0 Å². The van der Waals surface area contributed by atoms with E-state index in [0.29, 0.717) is 18.0 Å². The predicted octanol–water partition coefficient (Wildman–Crippen LogP) is 2.22. The highest BCUT2D eigenvalue weighted by Crippen LogP contribution is 2.25. The van der Waals surface area contributed by atoms with Crippen LogP contribution in [0.15, 0.2) is 18.2 Å². The molecule has 1 atom stereocenters. The normalized spacial score (nSPS) is 12.2. The Balaban J connectivity index is 2.78. The lowest BCUT2D eigenvalue weighted by Crippen LogP contribution is -2.30. The Hall–Kier alpha value is -1.71. The van der Waals surface area contributed by atoms with Crippen molar-refractivity contribution in [3.63, 3.8) is 0 Å². The summed E-state index contributed by atoms with van der Waals surface area (Å²) in [7, 11) is 1.73. The molecule has 17 heavy (non-hydrogen) atoms. The van der Waals surface area contributed by atoms with Crippen LogP contribution in [0.25, 0.3) is 0 Å². The second-order valence-corrected chi connectivity index (χ2v) is 4.40. The second kappa shape index (κ2) is 5.57. The van der Waals surface area contributed by atoms with Gasteiger partial charge in [0, 0.05) is 19.2 Å². The number of carbonyl (C=O) groups is 1. The highest BCUT2D eigenvalue weighted by Gasteiger charge is 2.15. The third-order valence-electron chi connectivity index (χ3n) is 2.85. The Bertz CT molecular complexity index is 404.